The van der Waals surface area contributed by atoms with Crippen LogP contribution >= 0.6 is 12.2 Å². The van der Waals surface area contributed by atoms with E-state index in [4.69, 9.17) is 16.7 Å². The standard InChI is InChI=1S/C11H10N4OS/c1-7-2-3-9-10(12-7)15(11(17)13-9)6-8-4-5-16-14-8/h2-5H,6H2,1H3,(H,13,17). The Hall–Kier alpha value is -1.95. The first-order valence-corrected chi connectivity index (χ1v) is 5.60. The Kier molecular flexibility index (Phi) is 2.29. The van der Waals surface area contributed by atoms with E-state index >= 15 is 0 Å². The summed E-state index contributed by atoms with van der Waals surface area (Å²) in [7, 11) is 0. The van der Waals surface area contributed by atoms with Crippen LogP contribution in [0.3, 0.4) is 0 Å². The van der Waals surface area contributed by atoms with Crippen molar-refractivity contribution in [2.45, 2.75) is 13.5 Å². The Labute approximate surface area is 102 Å². The molecular formula is C11H10N4OS. The van der Waals surface area contributed by atoms with Gasteiger partial charge in [0.1, 0.15) is 12.0 Å². The minimum absolute atomic E-state index is 0.561. The molecule has 0 spiro atoms. The number of hydrogen-bond acceptors (Lipinski definition) is 4. The number of aromatic amines is 1. The van der Waals surface area contributed by atoms with Crippen LogP contribution in [0.2, 0.25) is 0 Å². The summed E-state index contributed by atoms with van der Waals surface area (Å²) < 4.78 is 7.36. The number of H-pyrrole nitrogens is 1. The Morgan fingerprint density at radius 3 is 3.06 bits per heavy atom. The number of hydrogen-bond donors (Lipinski definition) is 1. The largest absolute Gasteiger partial charge is 0.364 e. The summed E-state index contributed by atoms with van der Waals surface area (Å²) in [4.78, 5) is 7.61. The Bertz CT molecular complexity index is 711. The molecule has 0 saturated heterocycles. The quantitative estimate of drug-likeness (QED) is 0.705. The predicted molar refractivity (Wildman–Crippen MR) is 65.3 cm³/mol. The van der Waals surface area contributed by atoms with Crippen molar-refractivity contribution in [2.75, 3.05) is 0 Å². The van der Waals surface area contributed by atoms with Crippen LogP contribution in [0, 0.1) is 11.7 Å². The molecule has 86 valence electrons. The normalized spacial score (nSPS) is 11.1. The fourth-order valence-electron chi connectivity index (χ4n) is 1.75. The minimum atomic E-state index is 0.561. The highest BCUT2D eigenvalue weighted by atomic mass is 32.1. The molecule has 0 amide bonds. The van der Waals surface area contributed by atoms with E-state index in [-0.39, 0.29) is 0 Å². The highest BCUT2D eigenvalue weighted by Crippen LogP contribution is 2.13. The second-order valence-corrected chi connectivity index (χ2v) is 4.22. The minimum Gasteiger partial charge on any atom is -0.364 e. The number of nitrogens with one attached hydrogen (secondary N) is 1. The Balaban J connectivity index is 2.17. The maximum Gasteiger partial charge on any atom is 0.179 e. The van der Waals surface area contributed by atoms with Crippen LogP contribution in [0.5, 0.6) is 0 Å². The summed E-state index contributed by atoms with van der Waals surface area (Å²) in [6.45, 7) is 2.52. The van der Waals surface area contributed by atoms with Crippen molar-refractivity contribution in [1.29, 1.82) is 0 Å². The van der Waals surface area contributed by atoms with Gasteiger partial charge in [-0.2, -0.15) is 0 Å². The van der Waals surface area contributed by atoms with Gasteiger partial charge < -0.3 is 9.51 Å². The second kappa shape index (κ2) is 3.81. The van der Waals surface area contributed by atoms with Crippen LogP contribution in [-0.4, -0.2) is 19.7 Å². The summed E-state index contributed by atoms with van der Waals surface area (Å²) in [6, 6.07) is 5.75. The van der Waals surface area contributed by atoms with Gasteiger partial charge in [-0.1, -0.05) is 5.16 Å². The molecule has 0 aliphatic heterocycles. The first-order valence-electron chi connectivity index (χ1n) is 5.19. The fraction of sp³-hybridized carbons (Fsp3) is 0.182. The molecule has 5 nitrogen and oxygen atoms in total. The molecule has 0 fully saturated rings. The maximum atomic E-state index is 5.28. The molecule has 6 heteroatoms. The third-order valence-electron chi connectivity index (χ3n) is 2.57. The van der Waals surface area contributed by atoms with E-state index in [0.29, 0.717) is 11.3 Å². The first kappa shape index (κ1) is 10.2. The van der Waals surface area contributed by atoms with Gasteiger partial charge in [-0.05, 0) is 31.3 Å². The van der Waals surface area contributed by atoms with Gasteiger partial charge in [-0.25, -0.2) is 4.98 Å². The van der Waals surface area contributed by atoms with Crippen LogP contribution in [0.4, 0.5) is 0 Å². The van der Waals surface area contributed by atoms with E-state index in [0.717, 1.165) is 22.6 Å². The van der Waals surface area contributed by atoms with Crippen molar-refractivity contribution in [3.63, 3.8) is 0 Å². The third kappa shape index (κ3) is 1.76. The Morgan fingerprint density at radius 2 is 2.29 bits per heavy atom. The van der Waals surface area contributed by atoms with Gasteiger partial charge in [0.2, 0.25) is 0 Å². The number of aromatic nitrogens is 4. The van der Waals surface area contributed by atoms with Crippen molar-refractivity contribution in [2.24, 2.45) is 0 Å². The molecule has 0 aromatic carbocycles. The monoisotopic (exact) mass is 246 g/mol. The van der Waals surface area contributed by atoms with Gasteiger partial charge in [0.05, 0.1) is 12.1 Å². The smallest absolute Gasteiger partial charge is 0.179 e. The van der Waals surface area contributed by atoms with Gasteiger partial charge >= 0.3 is 0 Å². The lowest BCUT2D eigenvalue weighted by Gasteiger charge is -2.00. The van der Waals surface area contributed by atoms with Crippen molar-refractivity contribution in [1.82, 2.24) is 19.7 Å². The summed E-state index contributed by atoms with van der Waals surface area (Å²) >= 11 is 5.28. The maximum absolute atomic E-state index is 5.28. The molecule has 0 aliphatic carbocycles. The van der Waals surface area contributed by atoms with Crippen LogP contribution in [0.1, 0.15) is 11.4 Å². The van der Waals surface area contributed by atoms with E-state index in [1.807, 2.05) is 29.7 Å². The molecule has 3 aromatic heterocycles. The average molecular weight is 246 g/mol. The summed E-state index contributed by atoms with van der Waals surface area (Å²) in [6.07, 6.45) is 1.55. The number of imidazole rings is 1. The molecule has 3 heterocycles. The molecule has 0 saturated carbocycles. The van der Waals surface area contributed by atoms with E-state index in [9.17, 15) is 0 Å². The zero-order valence-corrected chi connectivity index (χ0v) is 9.99. The highest BCUT2D eigenvalue weighted by Gasteiger charge is 2.07. The second-order valence-electron chi connectivity index (χ2n) is 3.83. The van der Waals surface area contributed by atoms with Crippen molar-refractivity contribution >= 4 is 23.4 Å². The molecule has 0 atom stereocenters. The molecule has 3 rings (SSSR count). The fourth-order valence-corrected chi connectivity index (χ4v) is 2.01. The lowest BCUT2D eigenvalue weighted by atomic mass is 10.3. The van der Waals surface area contributed by atoms with Gasteiger partial charge in [0.15, 0.2) is 10.4 Å². The van der Waals surface area contributed by atoms with E-state index in [1.54, 1.807) is 6.26 Å². The van der Waals surface area contributed by atoms with Gasteiger partial charge in [0, 0.05) is 11.8 Å². The molecule has 17 heavy (non-hydrogen) atoms. The van der Waals surface area contributed by atoms with Gasteiger partial charge in [-0.3, -0.25) is 4.57 Å². The van der Waals surface area contributed by atoms with E-state index in [2.05, 4.69) is 15.1 Å². The molecule has 0 radical (unpaired) electrons. The van der Waals surface area contributed by atoms with E-state index in [1.165, 1.54) is 0 Å². The molecule has 3 aromatic rings. The van der Waals surface area contributed by atoms with Crippen LogP contribution in [0.15, 0.2) is 29.0 Å². The average Bonchev–Trinajstić information content (AvgIpc) is 2.90. The summed E-state index contributed by atoms with van der Waals surface area (Å²) in [5.74, 6) is 0. The lowest BCUT2D eigenvalue weighted by molar-refractivity contribution is 0.410. The number of aryl methyl sites for hydroxylation is 1. The zero-order valence-electron chi connectivity index (χ0n) is 9.17. The van der Waals surface area contributed by atoms with Gasteiger partial charge in [0.25, 0.3) is 0 Å². The van der Waals surface area contributed by atoms with Crippen molar-refractivity contribution < 1.29 is 4.52 Å². The number of fused-ring (bicyclic) bond motifs is 1. The van der Waals surface area contributed by atoms with Crippen LogP contribution < -0.4 is 0 Å². The highest BCUT2D eigenvalue weighted by molar-refractivity contribution is 7.71. The number of pyridine rings is 1. The van der Waals surface area contributed by atoms with Gasteiger partial charge in [-0.15, -0.1) is 0 Å². The number of nitrogens with zero attached hydrogens (tertiary/aromatic N) is 3. The predicted octanol–water partition coefficient (Wildman–Crippen LogP) is 2.44. The molecule has 0 bridgehead atoms. The van der Waals surface area contributed by atoms with E-state index < -0.39 is 0 Å². The topological polar surface area (TPSA) is 59.6 Å². The molecule has 1 N–H and O–H groups in total. The van der Waals surface area contributed by atoms with Crippen LogP contribution in [-0.2, 0) is 6.54 Å². The van der Waals surface area contributed by atoms with Crippen molar-refractivity contribution in [3.8, 4) is 0 Å². The molecule has 0 aliphatic rings. The number of rotatable bonds is 2. The van der Waals surface area contributed by atoms with Crippen LogP contribution in [0.25, 0.3) is 11.2 Å². The molecule has 0 unspecified atom stereocenters. The Morgan fingerprint density at radius 1 is 1.41 bits per heavy atom. The summed E-state index contributed by atoms with van der Waals surface area (Å²) in [5.41, 5.74) is 3.56. The molecular weight excluding hydrogens is 236 g/mol. The lowest BCUT2D eigenvalue weighted by Crippen LogP contribution is -2.01. The first-order chi connectivity index (χ1) is 8.24. The SMILES string of the molecule is Cc1ccc2[nH]c(=S)n(Cc3ccon3)c2n1. The third-order valence-corrected chi connectivity index (χ3v) is 2.89. The van der Waals surface area contributed by atoms with Crippen molar-refractivity contribution in [3.05, 3.63) is 40.6 Å². The summed E-state index contributed by atoms with van der Waals surface area (Å²) in [5, 5.41) is 3.88. The zero-order chi connectivity index (χ0) is 11.8.